The summed E-state index contributed by atoms with van der Waals surface area (Å²) < 4.78 is 10.9. The van der Waals surface area contributed by atoms with Crippen LogP contribution in [0.3, 0.4) is 0 Å². The van der Waals surface area contributed by atoms with Crippen LogP contribution in [-0.4, -0.2) is 10.9 Å². The number of rotatable bonds is 7. The Morgan fingerprint density at radius 1 is 0.929 bits per heavy atom. The predicted molar refractivity (Wildman–Crippen MR) is 105 cm³/mol. The van der Waals surface area contributed by atoms with Crippen LogP contribution in [0.2, 0.25) is 0 Å². The monoisotopic (exact) mass is 375 g/mol. The van der Waals surface area contributed by atoms with Crippen molar-refractivity contribution < 1.29 is 19.2 Å². The Morgan fingerprint density at radius 3 is 2.39 bits per heavy atom. The molecule has 0 heterocycles. The van der Waals surface area contributed by atoms with Crippen molar-refractivity contribution in [2.24, 2.45) is 0 Å². The molecule has 6 heteroatoms. The van der Waals surface area contributed by atoms with Crippen molar-refractivity contribution in [2.75, 3.05) is 0 Å². The molecule has 0 saturated carbocycles. The van der Waals surface area contributed by atoms with E-state index in [2.05, 4.69) is 0 Å². The molecule has 0 atom stereocenters. The molecule has 3 rings (SSSR count). The second-order valence-corrected chi connectivity index (χ2v) is 5.85. The number of esters is 1. The molecule has 0 N–H and O–H groups in total. The summed E-state index contributed by atoms with van der Waals surface area (Å²) in [7, 11) is 0. The number of ether oxygens (including phenoxy) is 2. The number of nitro benzene ring substituents is 1. The van der Waals surface area contributed by atoms with Gasteiger partial charge < -0.3 is 9.47 Å². The molecule has 0 saturated heterocycles. The van der Waals surface area contributed by atoms with Gasteiger partial charge in [0, 0.05) is 18.2 Å². The molecule has 0 aliphatic rings. The third-order valence-electron chi connectivity index (χ3n) is 3.77. The molecular formula is C22H17NO5. The molecule has 0 aromatic heterocycles. The summed E-state index contributed by atoms with van der Waals surface area (Å²) >= 11 is 0. The summed E-state index contributed by atoms with van der Waals surface area (Å²) in [6, 6.07) is 22.4. The van der Waals surface area contributed by atoms with Gasteiger partial charge in [-0.25, -0.2) is 4.79 Å². The van der Waals surface area contributed by atoms with Gasteiger partial charge >= 0.3 is 5.97 Å². The third-order valence-corrected chi connectivity index (χ3v) is 3.77. The van der Waals surface area contributed by atoms with Gasteiger partial charge in [0.1, 0.15) is 18.1 Å². The van der Waals surface area contributed by atoms with Crippen molar-refractivity contribution in [3.8, 4) is 11.5 Å². The molecule has 0 spiro atoms. The van der Waals surface area contributed by atoms with E-state index < -0.39 is 10.9 Å². The van der Waals surface area contributed by atoms with Gasteiger partial charge in [0.05, 0.1) is 4.92 Å². The molecule has 0 bridgehead atoms. The Kier molecular flexibility index (Phi) is 6.15. The van der Waals surface area contributed by atoms with Gasteiger partial charge in [-0.1, -0.05) is 42.5 Å². The number of hydrogen-bond acceptors (Lipinski definition) is 5. The van der Waals surface area contributed by atoms with Crippen molar-refractivity contribution in [3.05, 3.63) is 106 Å². The van der Waals surface area contributed by atoms with E-state index in [1.54, 1.807) is 24.3 Å². The highest BCUT2D eigenvalue weighted by atomic mass is 16.6. The highest BCUT2D eigenvalue weighted by Crippen LogP contribution is 2.24. The zero-order valence-electron chi connectivity index (χ0n) is 14.9. The first kappa shape index (κ1) is 18.8. The largest absolute Gasteiger partial charge is 0.458 e. The highest BCUT2D eigenvalue weighted by Gasteiger charge is 2.06. The lowest BCUT2D eigenvalue weighted by Crippen LogP contribution is -2.00. The minimum absolute atomic E-state index is 0.00318. The molecule has 6 nitrogen and oxygen atoms in total. The molecule has 0 aliphatic carbocycles. The van der Waals surface area contributed by atoms with Gasteiger partial charge in [-0.3, -0.25) is 10.1 Å². The fraction of sp³-hybridized carbons (Fsp3) is 0.0455. The van der Waals surface area contributed by atoms with Crippen LogP contribution in [0.4, 0.5) is 5.69 Å². The third kappa shape index (κ3) is 5.54. The smallest absolute Gasteiger partial charge is 0.331 e. The number of nitro groups is 1. The number of carbonyl (C=O) groups excluding carboxylic acids is 1. The molecule has 140 valence electrons. The van der Waals surface area contributed by atoms with Gasteiger partial charge in [-0.15, -0.1) is 0 Å². The summed E-state index contributed by atoms with van der Waals surface area (Å²) in [5.41, 5.74) is 1.68. The van der Waals surface area contributed by atoms with E-state index in [0.29, 0.717) is 11.5 Å². The minimum atomic E-state index is -0.467. The van der Waals surface area contributed by atoms with Crippen LogP contribution in [0.1, 0.15) is 11.1 Å². The minimum Gasteiger partial charge on any atom is -0.458 e. The number of benzene rings is 3. The Balaban J connectivity index is 1.56. The Hall–Kier alpha value is -3.93. The highest BCUT2D eigenvalue weighted by molar-refractivity contribution is 5.87. The SMILES string of the molecule is O=C(/C=C/c1ccccc1)OCc1cccc(Oc2ccc([N+](=O)[O-])cc2)c1. The van der Waals surface area contributed by atoms with E-state index >= 15 is 0 Å². The second-order valence-electron chi connectivity index (χ2n) is 5.85. The van der Waals surface area contributed by atoms with Crippen LogP contribution >= 0.6 is 0 Å². The number of hydrogen-bond donors (Lipinski definition) is 0. The summed E-state index contributed by atoms with van der Waals surface area (Å²) in [5.74, 6) is 0.582. The quantitative estimate of drug-likeness (QED) is 0.247. The second kappa shape index (κ2) is 9.14. The maximum Gasteiger partial charge on any atom is 0.331 e. The van der Waals surface area contributed by atoms with Crippen LogP contribution in [0.25, 0.3) is 6.08 Å². The Morgan fingerprint density at radius 2 is 1.68 bits per heavy atom. The first-order chi connectivity index (χ1) is 13.6. The molecule has 3 aromatic rings. The molecule has 0 amide bonds. The van der Waals surface area contributed by atoms with E-state index in [1.165, 1.54) is 30.3 Å². The van der Waals surface area contributed by atoms with Crippen LogP contribution in [0, 0.1) is 10.1 Å². The summed E-state index contributed by atoms with van der Waals surface area (Å²) in [4.78, 5) is 22.1. The zero-order valence-corrected chi connectivity index (χ0v) is 14.9. The standard InChI is InChI=1S/C22H17NO5/c24-22(14-9-17-5-2-1-3-6-17)27-16-18-7-4-8-21(15-18)28-20-12-10-19(11-13-20)23(25)26/h1-15H,16H2/b14-9+. The molecule has 3 aromatic carbocycles. The molecule has 0 radical (unpaired) electrons. The summed E-state index contributed by atoms with van der Waals surface area (Å²) in [5, 5.41) is 10.7. The average Bonchev–Trinajstić information content (AvgIpc) is 2.72. The van der Waals surface area contributed by atoms with Crippen LogP contribution in [0.15, 0.2) is 84.9 Å². The van der Waals surface area contributed by atoms with Gasteiger partial charge in [-0.2, -0.15) is 0 Å². The molecule has 0 aliphatic heterocycles. The van der Waals surface area contributed by atoms with Gasteiger partial charge in [0.2, 0.25) is 0 Å². The van der Waals surface area contributed by atoms with E-state index in [4.69, 9.17) is 9.47 Å². The van der Waals surface area contributed by atoms with E-state index in [-0.39, 0.29) is 12.3 Å². The van der Waals surface area contributed by atoms with Crippen molar-refractivity contribution in [1.82, 2.24) is 0 Å². The van der Waals surface area contributed by atoms with E-state index in [0.717, 1.165) is 11.1 Å². The fourth-order valence-corrected chi connectivity index (χ4v) is 2.40. The average molecular weight is 375 g/mol. The summed E-state index contributed by atoms with van der Waals surface area (Å²) in [6.07, 6.45) is 3.07. The van der Waals surface area contributed by atoms with Gasteiger partial charge in [0.15, 0.2) is 0 Å². The lowest BCUT2D eigenvalue weighted by molar-refractivity contribution is -0.384. The molecule has 0 unspecified atom stereocenters. The van der Waals surface area contributed by atoms with Crippen LogP contribution in [0.5, 0.6) is 11.5 Å². The van der Waals surface area contributed by atoms with Crippen molar-refractivity contribution in [2.45, 2.75) is 6.61 Å². The van der Waals surface area contributed by atoms with Crippen LogP contribution in [-0.2, 0) is 16.1 Å². The number of nitrogens with zero attached hydrogens (tertiary/aromatic N) is 1. The van der Waals surface area contributed by atoms with Crippen molar-refractivity contribution in [1.29, 1.82) is 0 Å². The first-order valence-corrected chi connectivity index (χ1v) is 8.51. The number of carbonyl (C=O) groups is 1. The molecule has 28 heavy (non-hydrogen) atoms. The Labute approximate surface area is 161 Å². The van der Waals surface area contributed by atoms with E-state index in [1.807, 2.05) is 36.4 Å². The molecular weight excluding hydrogens is 358 g/mol. The van der Waals surface area contributed by atoms with Gasteiger partial charge in [-0.05, 0) is 41.5 Å². The maximum absolute atomic E-state index is 11.9. The first-order valence-electron chi connectivity index (χ1n) is 8.51. The topological polar surface area (TPSA) is 78.7 Å². The normalized spacial score (nSPS) is 10.6. The lowest BCUT2D eigenvalue weighted by atomic mass is 10.2. The van der Waals surface area contributed by atoms with Gasteiger partial charge in [0.25, 0.3) is 5.69 Å². The summed E-state index contributed by atoms with van der Waals surface area (Å²) in [6.45, 7) is 0.107. The van der Waals surface area contributed by atoms with Crippen molar-refractivity contribution >= 4 is 17.7 Å². The van der Waals surface area contributed by atoms with Crippen LogP contribution < -0.4 is 4.74 Å². The van der Waals surface area contributed by atoms with Crippen molar-refractivity contribution in [3.63, 3.8) is 0 Å². The maximum atomic E-state index is 11.9. The van der Waals surface area contributed by atoms with E-state index in [9.17, 15) is 14.9 Å². The molecule has 0 fully saturated rings. The number of non-ortho nitro benzene ring substituents is 1. The Bertz CT molecular complexity index is 981. The lowest BCUT2D eigenvalue weighted by Gasteiger charge is -2.08. The zero-order chi connectivity index (χ0) is 19.8. The fourth-order valence-electron chi connectivity index (χ4n) is 2.40. The predicted octanol–water partition coefficient (Wildman–Crippen LogP) is 5.14.